The lowest BCUT2D eigenvalue weighted by Gasteiger charge is -2.10. The van der Waals surface area contributed by atoms with Gasteiger partial charge >= 0.3 is 0 Å². The van der Waals surface area contributed by atoms with Crippen molar-refractivity contribution in [3.63, 3.8) is 0 Å². The van der Waals surface area contributed by atoms with E-state index < -0.39 is 17.5 Å². The van der Waals surface area contributed by atoms with E-state index in [2.05, 4.69) is 15.3 Å². The molecule has 0 saturated carbocycles. The Morgan fingerprint density at radius 1 is 1.17 bits per heavy atom. The van der Waals surface area contributed by atoms with Crippen molar-refractivity contribution in [1.82, 2.24) is 9.97 Å². The summed E-state index contributed by atoms with van der Waals surface area (Å²) in [5.41, 5.74) is 0.0913. The van der Waals surface area contributed by atoms with Crippen molar-refractivity contribution < 1.29 is 13.2 Å². The molecule has 0 aliphatic rings. The van der Waals surface area contributed by atoms with Crippen LogP contribution in [0.1, 0.15) is 5.56 Å². The predicted octanol–water partition coefficient (Wildman–Crippen LogP) is 3.60. The lowest BCUT2D eigenvalue weighted by Crippen LogP contribution is -2.02. The van der Waals surface area contributed by atoms with Crippen LogP contribution in [0.15, 0.2) is 18.5 Å². The molecule has 1 N–H and O–H groups in total. The Morgan fingerprint density at radius 2 is 1.89 bits per heavy atom. The molecule has 0 fully saturated rings. The van der Waals surface area contributed by atoms with Gasteiger partial charge in [0.2, 0.25) is 0 Å². The summed E-state index contributed by atoms with van der Waals surface area (Å²) in [6.07, 6.45) is 1.16. The standard InChI is InChI=1S/C11H7ClF3N3/c1-5-10(12)16-4-17-11(5)18-8-3-6(13)2-7(14)9(8)15/h2-4H,1H3,(H,16,17,18). The molecule has 18 heavy (non-hydrogen) atoms. The number of nitrogens with one attached hydrogen (secondary N) is 1. The van der Waals surface area contributed by atoms with E-state index in [1.165, 1.54) is 0 Å². The average Bonchev–Trinajstić information content (AvgIpc) is 2.31. The smallest absolute Gasteiger partial charge is 0.182 e. The molecule has 0 unspecified atom stereocenters. The van der Waals surface area contributed by atoms with Crippen LogP contribution in [-0.2, 0) is 0 Å². The third kappa shape index (κ3) is 2.38. The minimum Gasteiger partial charge on any atom is -0.337 e. The highest BCUT2D eigenvalue weighted by molar-refractivity contribution is 6.30. The first-order valence-electron chi connectivity index (χ1n) is 4.87. The Morgan fingerprint density at radius 3 is 2.61 bits per heavy atom. The monoisotopic (exact) mass is 273 g/mol. The van der Waals surface area contributed by atoms with Crippen molar-refractivity contribution in [3.8, 4) is 0 Å². The van der Waals surface area contributed by atoms with Gasteiger partial charge in [0.05, 0.1) is 5.69 Å². The van der Waals surface area contributed by atoms with E-state index in [1.54, 1.807) is 6.92 Å². The zero-order valence-corrected chi connectivity index (χ0v) is 9.89. The second-order valence-electron chi connectivity index (χ2n) is 3.51. The van der Waals surface area contributed by atoms with Gasteiger partial charge in [0.15, 0.2) is 11.6 Å². The number of rotatable bonds is 2. The van der Waals surface area contributed by atoms with Gasteiger partial charge in [-0.1, -0.05) is 11.6 Å². The van der Waals surface area contributed by atoms with Crippen LogP contribution in [0, 0.1) is 24.4 Å². The van der Waals surface area contributed by atoms with Gasteiger partial charge < -0.3 is 5.32 Å². The Labute approximate surface area is 106 Å². The van der Waals surface area contributed by atoms with Crippen molar-refractivity contribution in [2.24, 2.45) is 0 Å². The first-order chi connectivity index (χ1) is 8.49. The van der Waals surface area contributed by atoms with Gasteiger partial charge in [-0.3, -0.25) is 0 Å². The Balaban J connectivity index is 2.43. The van der Waals surface area contributed by atoms with Crippen LogP contribution in [0.5, 0.6) is 0 Å². The molecule has 0 amide bonds. The number of aromatic nitrogens is 2. The van der Waals surface area contributed by atoms with Crippen molar-refractivity contribution in [3.05, 3.63) is 46.6 Å². The molecule has 1 aromatic heterocycles. The van der Waals surface area contributed by atoms with Gasteiger partial charge in [-0.2, -0.15) is 0 Å². The summed E-state index contributed by atoms with van der Waals surface area (Å²) >= 11 is 5.75. The van der Waals surface area contributed by atoms with Gasteiger partial charge in [0, 0.05) is 17.7 Å². The highest BCUT2D eigenvalue weighted by Gasteiger charge is 2.13. The largest absolute Gasteiger partial charge is 0.337 e. The number of benzene rings is 1. The third-order valence-corrected chi connectivity index (χ3v) is 2.65. The Kier molecular flexibility index (Phi) is 3.38. The Bertz CT molecular complexity index is 604. The maximum absolute atomic E-state index is 13.4. The quantitative estimate of drug-likeness (QED) is 0.671. The van der Waals surface area contributed by atoms with E-state index in [9.17, 15) is 13.2 Å². The van der Waals surface area contributed by atoms with Gasteiger partial charge in [-0.15, -0.1) is 0 Å². The van der Waals surface area contributed by atoms with Crippen LogP contribution in [0.3, 0.4) is 0 Å². The minimum absolute atomic E-state index is 0.171. The fraction of sp³-hybridized carbons (Fsp3) is 0.0909. The van der Waals surface area contributed by atoms with Crippen LogP contribution < -0.4 is 5.32 Å². The molecule has 0 radical (unpaired) electrons. The van der Waals surface area contributed by atoms with Crippen LogP contribution in [0.4, 0.5) is 24.7 Å². The first-order valence-corrected chi connectivity index (χ1v) is 5.25. The maximum Gasteiger partial charge on any atom is 0.182 e. The second kappa shape index (κ2) is 4.81. The van der Waals surface area contributed by atoms with E-state index >= 15 is 0 Å². The van der Waals surface area contributed by atoms with Gasteiger partial charge in [-0.25, -0.2) is 23.1 Å². The molecular formula is C11H7ClF3N3. The van der Waals surface area contributed by atoms with E-state index in [1.807, 2.05) is 0 Å². The normalized spacial score (nSPS) is 10.5. The van der Waals surface area contributed by atoms with E-state index in [0.29, 0.717) is 11.6 Å². The molecule has 0 spiro atoms. The maximum atomic E-state index is 13.4. The lowest BCUT2D eigenvalue weighted by atomic mass is 10.2. The second-order valence-corrected chi connectivity index (χ2v) is 3.87. The highest BCUT2D eigenvalue weighted by atomic mass is 35.5. The lowest BCUT2D eigenvalue weighted by molar-refractivity contribution is 0.498. The molecule has 2 aromatic rings. The molecule has 0 aliphatic carbocycles. The topological polar surface area (TPSA) is 37.8 Å². The van der Waals surface area contributed by atoms with Crippen molar-refractivity contribution >= 4 is 23.1 Å². The number of nitrogens with zero attached hydrogens (tertiary/aromatic N) is 2. The number of anilines is 2. The highest BCUT2D eigenvalue weighted by Crippen LogP contribution is 2.25. The summed E-state index contributed by atoms with van der Waals surface area (Å²) in [5, 5.41) is 2.64. The van der Waals surface area contributed by atoms with Crippen molar-refractivity contribution in [1.29, 1.82) is 0 Å². The van der Waals surface area contributed by atoms with E-state index in [-0.39, 0.29) is 16.7 Å². The van der Waals surface area contributed by atoms with E-state index in [0.717, 1.165) is 12.4 Å². The summed E-state index contributed by atoms with van der Waals surface area (Å²) in [6, 6.07) is 1.29. The molecule has 0 bridgehead atoms. The van der Waals surface area contributed by atoms with Crippen molar-refractivity contribution in [2.45, 2.75) is 6.92 Å². The summed E-state index contributed by atoms with van der Waals surface area (Å²) in [5.74, 6) is -3.19. The van der Waals surface area contributed by atoms with Gasteiger partial charge in [0.25, 0.3) is 0 Å². The Hall–Kier alpha value is -1.82. The molecular weight excluding hydrogens is 267 g/mol. The van der Waals surface area contributed by atoms with Crippen LogP contribution >= 0.6 is 11.6 Å². The molecule has 0 atom stereocenters. The van der Waals surface area contributed by atoms with Crippen LogP contribution in [0.2, 0.25) is 5.15 Å². The van der Waals surface area contributed by atoms with Crippen LogP contribution in [0.25, 0.3) is 0 Å². The zero-order chi connectivity index (χ0) is 13.3. The van der Waals surface area contributed by atoms with Crippen molar-refractivity contribution in [2.75, 3.05) is 5.32 Å². The zero-order valence-electron chi connectivity index (χ0n) is 9.14. The average molecular weight is 274 g/mol. The van der Waals surface area contributed by atoms with Gasteiger partial charge in [0.1, 0.15) is 23.1 Å². The SMILES string of the molecule is Cc1c(Cl)ncnc1Nc1cc(F)cc(F)c1F. The summed E-state index contributed by atoms with van der Waals surface area (Å²) < 4.78 is 39.4. The molecule has 3 nitrogen and oxygen atoms in total. The fourth-order valence-corrected chi connectivity index (χ4v) is 1.46. The van der Waals surface area contributed by atoms with E-state index in [4.69, 9.17) is 11.6 Å². The molecule has 0 aliphatic heterocycles. The first kappa shape index (κ1) is 12.6. The third-order valence-electron chi connectivity index (χ3n) is 2.27. The van der Waals surface area contributed by atoms with Gasteiger partial charge in [-0.05, 0) is 6.92 Å². The number of hydrogen-bond donors (Lipinski definition) is 1. The minimum atomic E-state index is -1.28. The van der Waals surface area contributed by atoms with Crippen LogP contribution in [-0.4, -0.2) is 9.97 Å². The summed E-state index contributed by atoms with van der Waals surface area (Å²) in [4.78, 5) is 7.53. The summed E-state index contributed by atoms with van der Waals surface area (Å²) in [7, 11) is 0. The molecule has 1 aromatic carbocycles. The molecule has 1 heterocycles. The molecule has 7 heteroatoms. The number of hydrogen-bond acceptors (Lipinski definition) is 3. The predicted molar refractivity (Wildman–Crippen MR) is 61.4 cm³/mol. The molecule has 94 valence electrons. The fourth-order valence-electron chi connectivity index (χ4n) is 1.33. The molecule has 2 rings (SSSR count). The number of halogens is 4. The molecule has 0 saturated heterocycles. The summed E-state index contributed by atoms with van der Waals surface area (Å²) in [6.45, 7) is 1.60.